The van der Waals surface area contributed by atoms with Gasteiger partial charge in [-0.3, -0.25) is 9.59 Å². The second kappa shape index (κ2) is 13.2. The molecule has 6 heteroatoms. The number of pyridine rings is 1. The summed E-state index contributed by atoms with van der Waals surface area (Å²) < 4.78 is 10.9. The van der Waals surface area contributed by atoms with Crippen molar-refractivity contribution in [3.63, 3.8) is 0 Å². The molecule has 0 amide bonds. The SMILES string of the molecule is COc1ccc(CCCCCCCCOc2ccc(=O)[nH]c2C=CCC(=O)O)cc1. The molecule has 2 rings (SSSR count). The number of aliphatic carboxylic acids is 1. The topological polar surface area (TPSA) is 88.6 Å². The van der Waals surface area contributed by atoms with Crippen LogP contribution in [0.4, 0.5) is 0 Å². The number of nitrogens with one attached hydrogen (secondary N) is 1. The van der Waals surface area contributed by atoms with E-state index in [4.69, 9.17) is 14.6 Å². The van der Waals surface area contributed by atoms with Gasteiger partial charge >= 0.3 is 5.97 Å². The van der Waals surface area contributed by atoms with Gasteiger partial charge < -0.3 is 19.6 Å². The van der Waals surface area contributed by atoms with Gasteiger partial charge in [0.15, 0.2) is 0 Å². The van der Waals surface area contributed by atoms with Crippen LogP contribution in [0, 0.1) is 0 Å². The summed E-state index contributed by atoms with van der Waals surface area (Å²) in [6.07, 6.45) is 10.9. The largest absolute Gasteiger partial charge is 0.497 e. The van der Waals surface area contributed by atoms with E-state index in [1.807, 2.05) is 12.1 Å². The van der Waals surface area contributed by atoms with Crippen LogP contribution < -0.4 is 15.0 Å². The number of aromatic nitrogens is 1. The molecule has 2 aromatic rings. The Balaban J connectivity index is 1.59. The van der Waals surface area contributed by atoms with Gasteiger partial charge in [-0.25, -0.2) is 0 Å². The summed E-state index contributed by atoms with van der Waals surface area (Å²) in [5, 5.41) is 8.71. The first-order chi connectivity index (χ1) is 14.6. The maximum atomic E-state index is 11.5. The number of benzene rings is 1. The van der Waals surface area contributed by atoms with Gasteiger partial charge in [0.1, 0.15) is 11.5 Å². The van der Waals surface area contributed by atoms with Gasteiger partial charge in [0.05, 0.1) is 25.8 Å². The van der Waals surface area contributed by atoms with Crippen molar-refractivity contribution in [1.82, 2.24) is 4.98 Å². The third kappa shape index (κ3) is 8.99. The number of ether oxygens (including phenoxy) is 2. The molecule has 0 unspecified atom stereocenters. The smallest absolute Gasteiger partial charge is 0.307 e. The van der Waals surface area contributed by atoms with Crippen molar-refractivity contribution < 1.29 is 19.4 Å². The molecule has 0 saturated carbocycles. The maximum Gasteiger partial charge on any atom is 0.307 e. The fourth-order valence-corrected chi connectivity index (χ4v) is 3.12. The molecule has 162 valence electrons. The zero-order chi connectivity index (χ0) is 21.6. The number of methoxy groups -OCH3 is 1. The van der Waals surface area contributed by atoms with Crippen LogP contribution >= 0.6 is 0 Å². The zero-order valence-electron chi connectivity index (χ0n) is 17.6. The van der Waals surface area contributed by atoms with E-state index in [2.05, 4.69) is 17.1 Å². The molecule has 0 radical (unpaired) electrons. The maximum absolute atomic E-state index is 11.5. The third-order valence-corrected chi connectivity index (χ3v) is 4.76. The van der Waals surface area contributed by atoms with Crippen LogP contribution in [-0.2, 0) is 11.2 Å². The predicted molar refractivity (Wildman–Crippen MR) is 118 cm³/mol. The second-order valence-electron chi connectivity index (χ2n) is 7.17. The molecule has 6 nitrogen and oxygen atoms in total. The van der Waals surface area contributed by atoms with E-state index >= 15 is 0 Å². The van der Waals surface area contributed by atoms with E-state index in [1.165, 1.54) is 43.4 Å². The summed E-state index contributed by atoms with van der Waals surface area (Å²) in [5.74, 6) is 0.540. The van der Waals surface area contributed by atoms with Gasteiger partial charge in [-0.15, -0.1) is 0 Å². The van der Waals surface area contributed by atoms with E-state index in [-0.39, 0.29) is 12.0 Å². The lowest BCUT2D eigenvalue weighted by molar-refractivity contribution is -0.135. The molecule has 0 fully saturated rings. The van der Waals surface area contributed by atoms with Gasteiger partial charge in [0.2, 0.25) is 5.56 Å². The van der Waals surface area contributed by atoms with Crippen LogP contribution in [0.15, 0.2) is 47.3 Å². The summed E-state index contributed by atoms with van der Waals surface area (Å²) in [4.78, 5) is 24.8. The number of aromatic amines is 1. The lowest BCUT2D eigenvalue weighted by Gasteiger charge is -2.09. The average molecular weight is 414 g/mol. The number of H-pyrrole nitrogens is 1. The number of carbonyl (C=O) groups is 1. The molecule has 2 N–H and O–H groups in total. The zero-order valence-corrected chi connectivity index (χ0v) is 17.6. The lowest BCUT2D eigenvalue weighted by atomic mass is 10.0. The molecule has 0 aliphatic rings. The highest BCUT2D eigenvalue weighted by atomic mass is 16.5. The van der Waals surface area contributed by atoms with Crippen molar-refractivity contribution in [1.29, 1.82) is 0 Å². The van der Waals surface area contributed by atoms with E-state index in [1.54, 1.807) is 19.3 Å². The highest BCUT2D eigenvalue weighted by Crippen LogP contribution is 2.17. The van der Waals surface area contributed by atoms with Gasteiger partial charge in [-0.2, -0.15) is 0 Å². The number of hydrogen-bond acceptors (Lipinski definition) is 4. The number of unbranched alkanes of at least 4 members (excludes halogenated alkanes) is 5. The highest BCUT2D eigenvalue weighted by Gasteiger charge is 2.03. The normalized spacial score (nSPS) is 11.0. The van der Waals surface area contributed by atoms with Crippen LogP contribution in [0.3, 0.4) is 0 Å². The van der Waals surface area contributed by atoms with Crippen molar-refractivity contribution in [2.24, 2.45) is 0 Å². The molecule has 0 aliphatic carbocycles. The summed E-state index contributed by atoms with van der Waals surface area (Å²) >= 11 is 0. The van der Waals surface area contributed by atoms with Crippen molar-refractivity contribution in [3.8, 4) is 11.5 Å². The van der Waals surface area contributed by atoms with Gasteiger partial charge in [0.25, 0.3) is 0 Å². The highest BCUT2D eigenvalue weighted by molar-refractivity contribution is 5.70. The minimum Gasteiger partial charge on any atom is -0.497 e. The van der Waals surface area contributed by atoms with E-state index in [9.17, 15) is 9.59 Å². The van der Waals surface area contributed by atoms with Gasteiger partial charge in [-0.1, -0.05) is 43.9 Å². The van der Waals surface area contributed by atoms with Crippen LogP contribution in [0.5, 0.6) is 11.5 Å². The first kappa shape index (κ1) is 23.3. The number of rotatable bonds is 14. The minimum absolute atomic E-state index is 0.102. The fraction of sp³-hybridized carbons (Fsp3) is 0.417. The molecule has 1 aromatic heterocycles. The first-order valence-electron chi connectivity index (χ1n) is 10.5. The summed E-state index contributed by atoms with van der Waals surface area (Å²) in [6, 6.07) is 11.3. The van der Waals surface area contributed by atoms with Crippen molar-refractivity contribution in [3.05, 3.63) is 64.1 Å². The van der Waals surface area contributed by atoms with Crippen molar-refractivity contribution in [2.45, 2.75) is 51.4 Å². The Labute approximate surface area is 177 Å². The number of carboxylic acids is 1. The van der Waals surface area contributed by atoms with Crippen LogP contribution in [0.2, 0.25) is 0 Å². The molecular weight excluding hydrogens is 382 g/mol. The molecule has 1 aromatic carbocycles. The lowest BCUT2D eigenvalue weighted by Crippen LogP contribution is -2.08. The van der Waals surface area contributed by atoms with E-state index in [0.29, 0.717) is 18.1 Å². The van der Waals surface area contributed by atoms with Crippen LogP contribution in [-0.4, -0.2) is 29.8 Å². The van der Waals surface area contributed by atoms with Crippen molar-refractivity contribution >= 4 is 12.0 Å². The molecule has 0 spiro atoms. The summed E-state index contributed by atoms with van der Waals surface area (Å²) in [6.45, 7) is 0.567. The Morgan fingerprint density at radius 2 is 1.70 bits per heavy atom. The molecule has 0 bridgehead atoms. The Morgan fingerprint density at radius 3 is 2.40 bits per heavy atom. The molecule has 0 saturated heterocycles. The quantitative estimate of drug-likeness (QED) is 0.433. The Bertz CT molecular complexity index is 855. The molecule has 0 atom stereocenters. The Kier molecular flexibility index (Phi) is 10.3. The van der Waals surface area contributed by atoms with Crippen LogP contribution in [0.1, 0.15) is 56.2 Å². The first-order valence-corrected chi connectivity index (χ1v) is 10.5. The number of aryl methyl sites for hydroxylation is 1. The molecule has 0 aliphatic heterocycles. The number of carboxylic acid groups (broad SMARTS) is 1. The monoisotopic (exact) mass is 413 g/mol. The average Bonchev–Trinajstić information content (AvgIpc) is 2.74. The van der Waals surface area contributed by atoms with E-state index in [0.717, 1.165) is 25.0 Å². The molecule has 1 heterocycles. The second-order valence-corrected chi connectivity index (χ2v) is 7.17. The van der Waals surface area contributed by atoms with E-state index < -0.39 is 5.97 Å². The third-order valence-electron chi connectivity index (χ3n) is 4.76. The summed E-state index contributed by atoms with van der Waals surface area (Å²) in [5.41, 5.74) is 1.60. The number of hydrogen-bond donors (Lipinski definition) is 2. The Hall–Kier alpha value is -3.02. The van der Waals surface area contributed by atoms with Crippen molar-refractivity contribution in [2.75, 3.05) is 13.7 Å². The molecule has 30 heavy (non-hydrogen) atoms. The predicted octanol–water partition coefficient (Wildman–Crippen LogP) is 4.83. The van der Waals surface area contributed by atoms with Gasteiger partial charge in [0, 0.05) is 6.07 Å². The standard InChI is InChI=1S/C24H31NO5/c1-29-20-14-12-19(13-15-20)9-6-4-2-3-5-7-18-30-22-16-17-23(26)25-21(22)10-8-11-24(27)28/h8,10,12-17H,2-7,9,11,18H2,1H3,(H,25,26)(H,27,28). The fourth-order valence-electron chi connectivity index (χ4n) is 3.12. The summed E-state index contributed by atoms with van der Waals surface area (Å²) in [7, 11) is 1.68. The minimum atomic E-state index is -0.920. The van der Waals surface area contributed by atoms with Gasteiger partial charge in [-0.05, 0) is 49.1 Å². The van der Waals surface area contributed by atoms with Crippen LogP contribution in [0.25, 0.3) is 6.08 Å². The Morgan fingerprint density at radius 1 is 1.00 bits per heavy atom. The molecular formula is C24H31NO5.